The van der Waals surface area contributed by atoms with E-state index in [4.69, 9.17) is 0 Å². The number of anilines is 1. The van der Waals surface area contributed by atoms with Gasteiger partial charge in [-0.1, -0.05) is 30.3 Å². The molecule has 2 aromatic carbocycles. The van der Waals surface area contributed by atoms with Crippen LogP contribution < -0.4 is 4.90 Å². The van der Waals surface area contributed by atoms with Gasteiger partial charge in [0.1, 0.15) is 6.29 Å². The second kappa shape index (κ2) is 4.88. The van der Waals surface area contributed by atoms with Gasteiger partial charge >= 0.3 is 0 Å². The molecule has 1 aliphatic rings. The summed E-state index contributed by atoms with van der Waals surface area (Å²) < 4.78 is 0. The molecule has 0 aliphatic carbocycles. The molecule has 0 saturated carbocycles. The number of rotatable bonds is 4. The molecule has 2 heteroatoms. The highest BCUT2D eigenvalue weighted by atomic mass is 16.1. The van der Waals surface area contributed by atoms with E-state index in [1.165, 1.54) is 22.0 Å². The highest BCUT2D eigenvalue weighted by Crippen LogP contribution is 2.40. The van der Waals surface area contributed by atoms with Gasteiger partial charge in [-0.05, 0) is 28.5 Å². The number of aldehydes is 1. The number of hydrogen-bond acceptors (Lipinski definition) is 2. The minimum absolute atomic E-state index is 0.317. The normalized spacial score (nSPS) is 17.5. The van der Waals surface area contributed by atoms with Crippen molar-refractivity contribution in [2.24, 2.45) is 0 Å². The summed E-state index contributed by atoms with van der Waals surface area (Å²) in [5.41, 5.74) is 2.55. The molecule has 1 heterocycles. The van der Waals surface area contributed by atoms with E-state index in [9.17, 15) is 4.79 Å². The summed E-state index contributed by atoms with van der Waals surface area (Å²) in [6, 6.07) is 12.9. The fraction of sp³-hybridized carbons (Fsp3) is 0.235. The zero-order valence-corrected chi connectivity index (χ0v) is 10.9. The van der Waals surface area contributed by atoms with Crippen LogP contribution in [0.1, 0.15) is 17.9 Å². The lowest BCUT2D eigenvalue weighted by atomic mass is 9.96. The third-order valence-electron chi connectivity index (χ3n) is 3.85. The van der Waals surface area contributed by atoms with Crippen LogP contribution in [0, 0.1) is 0 Å². The second-order valence-corrected chi connectivity index (χ2v) is 5.05. The van der Waals surface area contributed by atoms with E-state index in [1.54, 1.807) is 0 Å². The Morgan fingerprint density at radius 2 is 2.00 bits per heavy atom. The first-order chi connectivity index (χ1) is 9.33. The van der Waals surface area contributed by atoms with Gasteiger partial charge in [0.15, 0.2) is 0 Å². The Balaban J connectivity index is 2.13. The summed E-state index contributed by atoms with van der Waals surface area (Å²) in [4.78, 5) is 13.2. The minimum Gasteiger partial charge on any atom is -0.367 e. The van der Waals surface area contributed by atoms with Gasteiger partial charge in [0.2, 0.25) is 0 Å². The van der Waals surface area contributed by atoms with E-state index in [0.29, 0.717) is 12.3 Å². The lowest BCUT2D eigenvalue weighted by Crippen LogP contribution is -2.21. The average molecular weight is 251 g/mol. The van der Waals surface area contributed by atoms with Gasteiger partial charge in [-0.3, -0.25) is 0 Å². The highest BCUT2D eigenvalue weighted by molar-refractivity contribution is 5.89. The van der Waals surface area contributed by atoms with Crippen LogP contribution in [-0.4, -0.2) is 19.4 Å². The Kier molecular flexibility index (Phi) is 3.08. The number of hydrogen-bond donors (Lipinski definition) is 0. The fourth-order valence-electron chi connectivity index (χ4n) is 2.96. The number of fused-ring (bicyclic) bond motifs is 2. The molecule has 0 bridgehead atoms. The Hall–Kier alpha value is -2.09. The Morgan fingerprint density at radius 3 is 2.68 bits per heavy atom. The SMILES string of the molecule is C=CCN1CC(CC=O)c2cc3ccccc3cc21. The van der Waals surface area contributed by atoms with Crippen molar-refractivity contribution in [2.45, 2.75) is 12.3 Å². The lowest BCUT2D eigenvalue weighted by molar-refractivity contribution is -0.108. The molecule has 2 aromatic rings. The van der Waals surface area contributed by atoms with Gasteiger partial charge in [-0.15, -0.1) is 6.58 Å². The monoisotopic (exact) mass is 251 g/mol. The summed E-state index contributed by atoms with van der Waals surface area (Å²) >= 11 is 0. The van der Waals surface area contributed by atoms with Gasteiger partial charge in [0, 0.05) is 31.1 Å². The highest BCUT2D eigenvalue weighted by Gasteiger charge is 2.27. The zero-order chi connectivity index (χ0) is 13.2. The van der Waals surface area contributed by atoms with Crippen LogP contribution in [0.3, 0.4) is 0 Å². The molecule has 0 fully saturated rings. The number of benzene rings is 2. The number of carbonyl (C=O) groups is 1. The van der Waals surface area contributed by atoms with Gasteiger partial charge in [-0.25, -0.2) is 0 Å². The summed E-state index contributed by atoms with van der Waals surface area (Å²) in [7, 11) is 0. The van der Waals surface area contributed by atoms with E-state index in [-0.39, 0.29) is 0 Å². The zero-order valence-electron chi connectivity index (χ0n) is 10.9. The molecule has 0 radical (unpaired) electrons. The van der Waals surface area contributed by atoms with Crippen LogP contribution in [0.4, 0.5) is 5.69 Å². The van der Waals surface area contributed by atoms with Crippen LogP contribution in [0.2, 0.25) is 0 Å². The van der Waals surface area contributed by atoms with E-state index in [2.05, 4.69) is 47.9 Å². The maximum atomic E-state index is 10.9. The molecule has 0 N–H and O–H groups in total. The molecule has 19 heavy (non-hydrogen) atoms. The van der Waals surface area contributed by atoms with E-state index in [1.807, 2.05) is 6.08 Å². The lowest BCUT2D eigenvalue weighted by Gasteiger charge is -2.17. The van der Waals surface area contributed by atoms with E-state index >= 15 is 0 Å². The first-order valence-electron chi connectivity index (χ1n) is 6.65. The molecule has 1 aliphatic heterocycles. The molecule has 2 nitrogen and oxygen atoms in total. The van der Waals surface area contributed by atoms with Gasteiger partial charge in [0.05, 0.1) is 0 Å². The predicted molar refractivity (Wildman–Crippen MR) is 79.8 cm³/mol. The quantitative estimate of drug-likeness (QED) is 0.612. The van der Waals surface area contributed by atoms with Gasteiger partial charge in [-0.2, -0.15) is 0 Å². The summed E-state index contributed by atoms with van der Waals surface area (Å²) in [5, 5.41) is 2.50. The fourth-order valence-corrected chi connectivity index (χ4v) is 2.96. The van der Waals surface area contributed by atoms with Gasteiger partial charge < -0.3 is 9.69 Å². The Bertz CT molecular complexity index is 578. The minimum atomic E-state index is 0.317. The Morgan fingerprint density at radius 1 is 1.26 bits per heavy atom. The van der Waals surface area contributed by atoms with Crippen LogP contribution in [0.25, 0.3) is 10.8 Å². The largest absolute Gasteiger partial charge is 0.367 e. The number of carbonyl (C=O) groups excluding carboxylic acids is 1. The third kappa shape index (κ3) is 2.03. The van der Waals surface area contributed by atoms with Crippen molar-refractivity contribution >= 4 is 22.7 Å². The molecule has 3 rings (SSSR count). The molecule has 0 aromatic heterocycles. The van der Waals surface area contributed by atoms with Crippen LogP contribution in [-0.2, 0) is 4.79 Å². The van der Waals surface area contributed by atoms with Crippen molar-refractivity contribution in [2.75, 3.05) is 18.0 Å². The molecule has 0 spiro atoms. The molecule has 1 unspecified atom stereocenters. The predicted octanol–water partition coefficient (Wildman–Crippen LogP) is 3.52. The molecule has 0 saturated heterocycles. The Labute approximate surface area is 113 Å². The molecular weight excluding hydrogens is 234 g/mol. The second-order valence-electron chi connectivity index (χ2n) is 5.05. The van der Waals surface area contributed by atoms with Gasteiger partial charge in [0.25, 0.3) is 0 Å². The third-order valence-corrected chi connectivity index (χ3v) is 3.85. The summed E-state index contributed by atoms with van der Waals surface area (Å²) in [6.07, 6.45) is 3.54. The summed E-state index contributed by atoms with van der Waals surface area (Å²) in [6.45, 7) is 5.57. The number of nitrogens with zero attached hydrogens (tertiary/aromatic N) is 1. The van der Waals surface area contributed by atoms with Crippen molar-refractivity contribution in [1.29, 1.82) is 0 Å². The van der Waals surface area contributed by atoms with E-state index < -0.39 is 0 Å². The topological polar surface area (TPSA) is 20.3 Å². The standard InChI is InChI=1S/C17H17NO/c1-2-8-18-12-15(7-9-19)16-10-13-5-3-4-6-14(13)11-17(16)18/h2-6,9-11,15H,1,7-8,12H2. The molecular formula is C17H17NO. The van der Waals surface area contributed by atoms with Crippen molar-refractivity contribution in [1.82, 2.24) is 0 Å². The smallest absolute Gasteiger partial charge is 0.120 e. The first-order valence-corrected chi connectivity index (χ1v) is 6.65. The molecule has 0 amide bonds. The van der Waals surface area contributed by atoms with Crippen LogP contribution >= 0.6 is 0 Å². The maximum absolute atomic E-state index is 10.9. The molecule has 1 atom stereocenters. The summed E-state index contributed by atoms with van der Waals surface area (Å²) in [5.74, 6) is 0.317. The molecule has 96 valence electrons. The first kappa shape index (κ1) is 12.0. The van der Waals surface area contributed by atoms with E-state index in [0.717, 1.165) is 19.4 Å². The maximum Gasteiger partial charge on any atom is 0.120 e. The van der Waals surface area contributed by atoms with Crippen LogP contribution in [0.15, 0.2) is 49.1 Å². The van der Waals surface area contributed by atoms with Crippen LogP contribution in [0.5, 0.6) is 0 Å². The van der Waals surface area contributed by atoms with Crippen molar-refractivity contribution < 1.29 is 4.79 Å². The average Bonchev–Trinajstić information content (AvgIpc) is 2.75. The van der Waals surface area contributed by atoms with Crippen molar-refractivity contribution in [3.05, 3.63) is 54.6 Å². The van der Waals surface area contributed by atoms with Crippen molar-refractivity contribution in [3.63, 3.8) is 0 Å². The van der Waals surface area contributed by atoms with Crippen molar-refractivity contribution in [3.8, 4) is 0 Å².